The van der Waals surface area contributed by atoms with Crippen molar-refractivity contribution < 1.29 is 24.0 Å². The summed E-state index contributed by atoms with van der Waals surface area (Å²) >= 11 is 0. The molecule has 0 bridgehead atoms. The van der Waals surface area contributed by atoms with Crippen molar-refractivity contribution in [2.75, 3.05) is 6.54 Å². The highest BCUT2D eigenvalue weighted by Crippen LogP contribution is 2.13. The van der Waals surface area contributed by atoms with Crippen LogP contribution in [0.5, 0.6) is 0 Å². The Hall–Kier alpha value is -1.80. The number of carbonyl (C=O) groups excluding carboxylic acids is 4. The molecule has 1 saturated heterocycles. The molecule has 0 radical (unpaired) electrons. The Balaban J connectivity index is 2.45. The number of rotatable bonds is 12. The summed E-state index contributed by atoms with van der Waals surface area (Å²) in [7, 11) is 0. The Bertz CT molecular complexity index is 533. The van der Waals surface area contributed by atoms with Gasteiger partial charge in [-0.15, -0.1) is 5.06 Å². The average molecular weight is 383 g/mol. The van der Waals surface area contributed by atoms with Gasteiger partial charge in [-0.2, -0.15) is 0 Å². The van der Waals surface area contributed by atoms with Crippen LogP contribution in [-0.2, 0) is 24.0 Å². The molecule has 8 nitrogen and oxygen atoms in total. The van der Waals surface area contributed by atoms with E-state index in [1.54, 1.807) is 0 Å². The van der Waals surface area contributed by atoms with Crippen LogP contribution in [0.4, 0.5) is 0 Å². The standard InChI is InChI=1S/C19H33N3O5/c1-12(2)7-6-8-13(3)20-11-16(15(5)23)21-14(4)19(26)27-22-17(24)9-10-18(22)25/h12-14,16,20-21H,6-11H2,1-5H3. The summed E-state index contributed by atoms with van der Waals surface area (Å²) in [5, 5.41) is 6.74. The fraction of sp³-hybridized carbons (Fsp3) is 0.789. The lowest BCUT2D eigenvalue weighted by atomic mass is 10.0. The number of hydrogen-bond acceptors (Lipinski definition) is 7. The maximum Gasteiger partial charge on any atom is 0.349 e. The van der Waals surface area contributed by atoms with Crippen molar-refractivity contribution >= 4 is 23.6 Å². The van der Waals surface area contributed by atoms with Gasteiger partial charge in [-0.25, -0.2) is 4.79 Å². The van der Waals surface area contributed by atoms with Gasteiger partial charge in [0.25, 0.3) is 11.8 Å². The maximum absolute atomic E-state index is 12.1. The van der Waals surface area contributed by atoms with Crippen molar-refractivity contribution in [2.24, 2.45) is 5.92 Å². The predicted molar refractivity (Wildman–Crippen MR) is 100 cm³/mol. The number of Topliss-reactive ketones (excluding diaryl/α,β-unsaturated/α-hetero) is 1. The van der Waals surface area contributed by atoms with E-state index in [0.29, 0.717) is 17.5 Å². The molecule has 8 heteroatoms. The molecule has 2 N–H and O–H groups in total. The van der Waals surface area contributed by atoms with Crippen molar-refractivity contribution in [1.29, 1.82) is 0 Å². The van der Waals surface area contributed by atoms with Gasteiger partial charge in [-0.05, 0) is 33.1 Å². The van der Waals surface area contributed by atoms with Gasteiger partial charge in [-0.1, -0.05) is 26.7 Å². The topological polar surface area (TPSA) is 105 Å². The molecule has 1 heterocycles. The molecule has 0 saturated carbocycles. The molecular formula is C19H33N3O5. The summed E-state index contributed by atoms with van der Waals surface area (Å²) in [5.41, 5.74) is 0. The van der Waals surface area contributed by atoms with Crippen LogP contribution < -0.4 is 10.6 Å². The van der Waals surface area contributed by atoms with Gasteiger partial charge in [-0.3, -0.25) is 19.7 Å². The normalized spacial score (nSPS) is 17.9. The molecule has 1 aliphatic heterocycles. The molecule has 1 fully saturated rings. The van der Waals surface area contributed by atoms with Crippen LogP contribution in [-0.4, -0.2) is 53.3 Å². The first-order valence-corrected chi connectivity index (χ1v) is 9.69. The summed E-state index contributed by atoms with van der Waals surface area (Å²) < 4.78 is 0. The van der Waals surface area contributed by atoms with Crippen molar-refractivity contribution in [3.8, 4) is 0 Å². The third-order valence-corrected chi connectivity index (χ3v) is 4.57. The van der Waals surface area contributed by atoms with E-state index in [4.69, 9.17) is 4.84 Å². The van der Waals surface area contributed by atoms with Gasteiger partial charge in [0.05, 0.1) is 6.04 Å². The zero-order valence-electron chi connectivity index (χ0n) is 17.0. The fourth-order valence-corrected chi connectivity index (χ4v) is 2.77. The van der Waals surface area contributed by atoms with Gasteiger partial charge in [0, 0.05) is 25.4 Å². The van der Waals surface area contributed by atoms with Crippen LogP contribution in [0.25, 0.3) is 0 Å². The fourth-order valence-electron chi connectivity index (χ4n) is 2.77. The van der Waals surface area contributed by atoms with Gasteiger partial charge < -0.3 is 10.2 Å². The first-order chi connectivity index (χ1) is 12.6. The van der Waals surface area contributed by atoms with Crippen molar-refractivity contribution in [2.45, 2.75) is 84.8 Å². The summed E-state index contributed by atoms with van der Waals surface area (Å²) in [5.74, 6) is -1.26. The molecule has 0 aromatic rings. The molecule has 3 unspecified atom stereocenters. The highest BCUT2D eigenvalue weighted by Gasteiger charge is 2.34. The van der Waals surface area contributed by atoms with Gasteiger partial charge >= 0.3 is 5.97 Å². The number of carbonyl (C=O) groups is 4. The van der Waals surface area contributed by atoms with Crippen molar-refractivity contribution in [3.63, 3.8) is 0 Å². The zero-order valence-corrected chi connectivity index (χ0v) is 17.0. The minimum atomic E-state index is -0.835. The largest absolute Gasteiger partial charge is 0.349 e. The molecule has 154 valence electrons. The lowest BCUT2D eigenvalue weighted by Crippen LogP contribution is -2.52. The summed E-state index contributed by atoms with van der Waals surface area (Å²) in [6, 6.07) is -1.14. The highest BCUT2D eigenvalue weighted by molar-refractivity contribution is 6.01. The third kappa shape index (κ3) is 8.17. The Morgan fingerprint density at radius 1 is 1.07 bits per heavy atom. The summed E-state index contributed by atoms with van der Waals surface area (Å²) in [6.07, 6.45) is 3.38. The van der Waals surface area contributed by atoms with Crippen LogP contribution in [0.2, 0.25) is 0 Å². The zero-order chi connectivity index (χ0) is 20.6. The first kappa shape index (κ1) is 23.2. The average Bonchev–Trinajstić information content (AvgIpc) is 2.89. The van der Waals surface area contributed by atoms with Crippen LogP contribution >= 0.6 is 0 Å². The number of hydroxylamine groups is 2. The molecule has 0 aliphatic carbocycles. The predicted octanol–water partition coefficient (Wildman–Crippen LogP) is 1.33. The van der Waals surface area contributed by atoms with E-state index >= 15 is 0 Å². The minimum absolute atomic E-state index is 0.0443. The van der Waals surface area contributed by atoms with E-state index < -0.39 is 29.9 Å². The highest BCUT2D eigenvalue weighted by atomic mass is 16.7. The Labute approximate surface area is 161 Å². The Morgan fingerprint density at radius 2 is 1.67 bits per heavy atom. The van der Waals surface area contributed by atoms with E-state index in [1.807, 2.05) is 0 Å². The van der Waals surface area contributed by atoms with Crippen LogP contribution in [0.1, 0.15) is 66.7 Å². The third-order valence-electron chi connectivity index (χ3n) is 4.57. The quantitative estimate of drug-likeness (QED) is 0.490. The minimum Gasteiger partial charge on any atom is -0.329 e. The van der Waals surface area contributed by atoms with E-state index in [9.17, 15) is 19.2 Å². The first-order valence-electron chi connectivity index (χ1n) is 9.69. The molecule has 3 atom stereocenters. The SMILES string of the molecule is CC(=O)C(CNC(C)CCCC(C)C)NC(C)C(=O)ON1C(=O)CCC1=O. The van der Waals surface area contributed by atoms with Gasteiger partial charge in [0.2, 0.25) is 0 Å². The number of ketones is 1. The second-order valence-corrected chi connectivity index (χ2v) is 7.68. The summed E-state index contributed by atoms with van der Waals surface area (Å²) in [4.78, 5) is 51.9. The molecule has 0 aromatic carbocycles. The van der Waals surface area contributed by atoms with E-state index in [1.165, 1.54) is 13.8 Å². The second-order valence-electron chi connectivity index (χ2n) is 7.68. The van der Waals surface area contributed by atoms with Crippen LogP contribution in [0, 0.1) is 5.92 Å². The molecule has 1 rings (SSSR count). The smallest absolute Gasteiger partial charge is 0.329 e. The molecule has 2 amide bonds. The molecule has 27 heavy (non-hydrogen) atoms. The Kier molecular flexibility index (Phi) is 9.59. The van der Waals surface area contributed by atoms with Crippen molar-refractivity contribution in [3.05, 3.63) is 0 Å². The van der Waals surface area contributed by atoms with E-state index in [0.717, 1.165) is 19.3 Å². The lowest BCUT2D eigenvalue weighted by Gasteiger charge is -2.23. The lowest BCUT2D eigenvalue weighted by molar-refractivity contribution is -0.198. The number of nitrogens with one attached hydrogen (secondary N) is 2. The number of imide groups is 1. The maximum atomic E-state index is 12.1. The van der Waals surface area contributed by atoms with E-state index in [2.05, 4.69) is 31.4 Å². The van der Waals surface area contributed by atoms with Crippen LogP contribution in [0.3, 0.4) is 0 Å². The summed E-state index contributed by atoms with van der Waals surface area (Å²) in [6.45, 7) is 9.83. The van der Waals surface area contributed by atoms with Crippen LogP contribution in [0.15, 0.2) is 0 Å². The number of hydrogen-bond donors (Lipinski definition) is 2. The molecular weight excluding hydrogens is 350 g/mol. The van der Waals surface area contributed by atoms with E-state index in [-0.39, 0.29) is 24.7 Å². The van der Waals surface area contributed by atoms with Gasteiger partial charge in [0.1, 0.15) is 11.8 Å². The molecule has 0 spiro atoms. The number of nitrogens with zero attached hydrogens (tertiary/aromatic N) is 1. The Morgan fingerprint density at radius 3 is 2.19 bits per heavy atom. The number of amides is 2. The second kappa shape index (κ2) is 11.1. The molecule has 0 aromatic heterocycles. The van der Waals surface area contributed by atoms with Crippen molar-refractivity contribution in [1.82, 2.24) is 15.7 Å². The molecule has 1 aliphatic rings. The monoisotopic (exact) mass is 383 g/mol. The van der Waals surface area contributed by atoms with Gasteiger partial charge in [0.15, 0.2) is 0 Å².